The number of hydrogen-bond acceptors (Lipinski definition) is 4. The van der Waals surface area contributed by atoms with Gasteiger partial charge in [-0.25, -0.2) is 4.98 Å². The van der Waals surface area contributed by atoms with Crippen LogP contribution in [-0.2, 0) is 11.8 Å². The molecule has 2 atom stereocenters. The van der Waals surface area contributed by atoms with Crippen molar-refractivity contribution in [2.24, 2.45) is 7.05 Å². The van der Waals surface area contributed by atoms with Gasteiger partial charge in [0.05, 0.1) is 12.2 Å². The monoisotopic (exact) mass is 311 g/mol. The SMILES string of the molecule is Cn1cc([C@H]2OCC[C@@H]2NC(=O)c2cn3ccccc3n2)cn1. The lowest BCUT2D eigenvalue weighted by atomic mass is 10.1. The van der Waals surface area contributed by atoms with Crippen LogP contribution in [0.4, 0.5) is 0 Å². The fourth-order valence-corrected chi connectivity index (χ4v) is 2.94. The summed E-state index contributed by atoms with van der Waals surface area (Å²) in [4.78, 5) is 16.8. The molecule has 0 aromatic carbocycles. The topological polar surface area (TPSA) is 73.5 Å². The number of imidazole rings is 1. The summed E-state index contributed by atoms with van der Waals surface area (Å²) >= 11 is 0. The van der Waals surface area contributed by atoms with Gasteiger partial charge < -0.3 is 14.5 Å². The third-order valence-electron chi connectivity index (χ3n) is 4.06. The second kappa shape index (κ2) is 5.51. The summed E-state index contributed by atoms with van der Waals surface area (Å²) in [6.45, 7) is 0.621. The van der Waals surface area contributed by atoms with E-state index in [1.54, 1.807) is 17.1 Å². The molecule has 1 saturated heterocycles. The molecule has 4 rings (SSSR count). The largest absolute Gasteiger partial charge is 0.371 e. The van der Waals surface area contributed by atoms with Crippen molar-refractivity contribution in [1.82, 2.24) is 24.5 Å². The highest BCUT2D eigenvalue weighted by atomic mass is 16.5. The first-order valence-corrected chi connectivity index (χ1v) is 7.55. The van der Waals surface area contributed by atoms with E-state index in [9.17, 15) is 4.79 Å². The Morgan fingerprint density at radius 1 is 1.39 bits per heavy atom. The molecule has 0 spiro atoms. The third kappa shape index (κ3) is 2.59. The maximum atomic E-state index is 12.5. The first-order chi connectivity index (χ1) is 11.2. The summed E-state index contributed by atoms with van der Waals surface area (Å²) in [6.07, 6.45) is 7.92. The first kappa shape index (κ1) is 14.0. The number of carbonyl (C=O) groups is 1. The number of nitrogens with one attached hydrogen (secondary N) is 1. The zero-order valence-electron chi connectivity index (χ0n) is 12.7. The Bertz CT molecular complexity index is 820. The van der Waals surface area contributed by atoms with E-state index < -0.39 is 0 Å². The summed E-state index contributed by atoms with van der Waals surface area (Å²) in [5.41, 5.74) is 2.14. The fourth-order valence-electron chi connectivity index (χ4n) is 2.94. The zero-order valence-corrected chi connectivity index (χ0v) is 12.7. The van der Waals surface area contributed by atoms with Crippen LogP contribution in [0.5, 0.6) is 0 Å². The van der Waals surface area contributed by atoms with Crippen molar-refractivity contribution in [1.29, 1.82) is 0 Å². The normalized spacial score (nSPS) is 20.9. The summed E-state index contributed by atoms with van der Waals surface area (Å²) in [5.74, 6) is -0.182. The summed E-state index contributed by atoms with van der Waals surface area (Å²) in [5, 5.41) is 7.21. The van der Waals surface area contributed by atoms with Crippen LogP contribution in [-0.4, -0.2) is 37.7 Å². The molecule has 7 heteroatoms. The molecule has 3 aromatic heterocycles. The van der Waals surface area contributed by atoms with Gasteiger partial charge in [-0.05, 0) is 18.6 Å². The highest BCUT2D eigenvalue weighted by molar-refractivity contribution is 5.93. The Morgan fingerprint density at radius 2 is 2.30 bits per heavy atom. The molecule has 7 nitrogen and oxygen atoms in total. The molecular weight excluding hydrogens is 294 g/mol. The van der Waals surface area contributed by atoms with Crippen molar-refractivity contribution in [3.63, 3.8) is 0 Å². The Hall–Kier alpha value is -2.67. The number of nitrogens with zero attached hydrogens (tertiary/aromatic N) is 4. The molecule has 0 radical (unpaired) electrons. The lowest BCUT2D eigenvalue weighted by Gasteiger charge is -2.18. The van der Waals surface area contributed by atoms with Gasteiger partial charge in [-0.15, -0.1) is 0 Å². The average molecular weight is 311 g/mol. The van der Waals surface area contributed by atoms with Crippen LogP contribution in [0.25, 0.3) is 5.65 Å². The van der Waals surface area contributed by atoms with Gasteiger partial charge in [-0.3, -0.25) is 9.48 Å². The maximum Gasteiger partial charge on any atom is 0.271 e. The number of pyridine rings is 1. The van der Waals surface area contributed by atoms with Crippen LogP contribution in [0.2, 0.25) is 0 Å². The van der Waals surface area contributed by atoms with E-state index in [2.05, 4.69) is 15.4 Å². The van der Waals surface area contributed by atoms with E-state index >= 15 is 0 Å². The summed E-state index contributed by atoms with van der Waals surface area (Å²) in [7, 11) is 1.86. The molecule has 0 aliphatic carbocycles. The Labute approximate surface area is 132 Å². The van der Waals surface area contributed by atoms with Crippen molar-refractivity contribution in [2.75, 3.05) is 6.61 Å². The predicted molar refractivity (Wildman–Crippen MR) is 83.0 cm³/mol. The van der Waals surface area contributed by atoms with Crippen molar-refractivity contribution >= 4 is 11.6 Å². The molecule has 1 aliphatic rings. The number of aryl methyl sites for hydroxylation is 1. The van der Waals surface area contributed by atoms with Gasteiger partial charge in [-0.2, -0.15) is 5.10 Å². The van der Waals surface area contributed by atoms with Gasteiger partial charge in [0.1, 0.15) is 17.4 Å². The molecule has 0 saturated carbocycles. The molecule has 1 N–H and O–H groups in total. The Morgan fingerprint density at radius 3 is 3.09 bits per heavy atom. The molecule has 23 heavy (non-hydrogen) atoms. The van der Waals surface area contributed by atoms with Crippen LogP contribution >= 0.6 is 0 Å². The molecule has 0 bridgehead atoms. The van der Waals surface area contributed by atoms with Gasteiger partial charge in [0.15, 0.2) is 0 Å². The average Bonchev–Trinajstić information content (AvgIpc) is 3.25. The molecule has 4 heterocycles. The third-order valence-corrected chi connectivity index (χ3v) is 4.06. The van der Waals surface area contributed by atoms with Crippen LogP contribution in [0.15, 0.2) is 43.0 Å². The van der Waals surface area contributed by atoms with Crippen LogP contribution < -0.4 is 5.32 Å². The van der Waals surface area contributed by atoms with Gasteiger partial charge in [0.25, 0.3) is 5.91 Å². The lowest BCUT2D eigenvalue weighted by molar-refractivity contribution is 0.0818. The highest BCUT2D eigenvalue weighted by Gasteiger charge is 2.32. The summed E-state index contributed by atoms with van der Waals surface area (Å²) in [6, 6.07) is 5.59. The number of rotatable bonds is 3. The number of ether oxygens (including phenoxy) is 1. The standard InChI is InChI=1S/C16H17N5O2/c1-20-9-11(8-17-20)15-12(5-7-23-15)19-16(22)13-10-21-6-3-2-4-14(21)18-13/h2-4,6,8-10,12,15H,5,7H2,1H3,(H,19,22)/t12-,15+/m0/s1. The minimum absolute atomic E-state index is 0.0727. The van der Waals surface area contributed by atoms with Crippen LogP contribution in [0, 0.1) is 0 Å². The number of amides is 1. The molecule has 0 unspecified atom stereocenters. The number of fused-ring (bicyclic) bond motifs is 1. The smallest absolute Gasteiger partial charge is 0.271 e. The quantitative estimate of drug-likeness (QED) is 0.792. The van der Waals surface area contributed by atoms with Gasteiger partial charge in [-0.1, -0.05) is 6.07 Å². The van der Waals surface area contributed by atoms with Crippen molar-refractivity contribution in [2.45, 2.75) is 18.6 Å². The maximum absolute atomic E-state index is 12.5. The summed E-state index contributed by atoms with van der Waals surface area (Å²) < 4.78 is 9.33. The second-order valence-electron chi connectivity index (χ2n) is 5.70. The van der Waals surface area contributed by atoms with Crippen LogP contribution in [0.3, 0.4) is 0 Å². The van der Waals surface area contributed by atoms with Crippen molar-refractivity contribution in [3.8, 4) is 0 Å². The van der Waals surface area contributed by atoms with E-state index in [-0.39, 0.29) is 18.1 Å². The number of aromatic nitrogens is 4. The van der Waals surface area contributed by atoms with Crippen molar-refractivity contribution in [3.05, 3.63) is 54.2 Å². The fraction of sp³-hybridized carbons (Fsp3) is 0.312. The Kier molecular flexibility index (Phi) is 3.34. The van der Waals surface area contributed by atoms with Crippen LogP contribution in [0.1, 0.15) is 28.6 Å². The minimum Gasteiger partial charge on any atom is -0.371 e. The molecule has 118 valence electrons. The Balaban J connectivity index is 1.53. The van der Waals surface area contributed by atoms with Gasteiger partial charge in [0, 0.05) is 37.8 Å². The van der Waals surface area contributed by atoms with E-state index in [0.29, 0.717) is 12.3 Å². The number of hydrogen-bond donors (Lipinski definition) is 1. The van der Waals surface area contributed by atoms with E-state index in [1.807, 2.05) is 42.0 Å². The van der Waals surface area contributed by atoms with E-state index in [0.717, 1.165) is 17.6 Å². The zero-order chi connectivity index (χ0) is 15.8. The lowest BCUT2D eigenvalue weighted by Crippen LogP contribution is -2.36. The number of carbonyl (C=O) groups excluding carboxylic acids is 1. The molecule has 1 amide bonds. The first-order valence-electron chi connectivity index (χ1n) is 7.55. The predicted octanol–water partition coefficient (Wildman–Crippen LogP) is 1.33. The van der Waals surface area contributed by atoms with E-state index in [4.69, 9.17) is 4.74 Å². The molecule has 3 aromatic rings. The molecule has 1 aliphatic heterocycles. The van der Waals surface area contributed by atoms with Gasteiger partial charge in [0.2, 0.25) is 0 Å². The van der Waals surface area contributed by atoms with Crippen molar-refractivity contribution < 1.29 is 9.53 Å². The van der Waals surface area contributed by atoms with E-state index in [1.165, 1.54) is 0 Å². The minimum atomic E-state index is -0.182. The molecular formula is C16H17N5O2. The molecule has 1 fully saturated rings. The van der Waals surface area contributed by atoms with Gasteiger partial charge >= 0.3 is 0 Å². The second-order valence-corrected chi connectivity index (χ2v) is 5.70. The highest BCUT2D eigenvalue weighted by Crippen LogP contribution is 2.28.